The highest BCUT2D eigenvalue weighted by atomic mass is 35.5. The highest BCUT2D eigenvalue weighted by molar-refractivity contribution is 6.32. The summed E-state index contributed by atoms with van der Waals surface area (Å²) in [5.74, 6) is 1.46. The molecule has 0 aliphatic carbocycles. The Hall–Kier alpha value is -2.46. The molecule has 0 bridgehead atoms. The van der Waals surface area contributed by atoms with Gasteiger partial charge in [-0.15, -0.1) is 0 Å². The van der Waals surface area contributed by atoms with Crippen molar-refractivity contribution in [3.63, 3.8) is 0 Å². The SMILES string of the molecule is CCOc1ccc2nc(C)cc(Nc3ccc(Cl)c(OC)c3)c2c1. The van der Waals surface area contributed by atoms with Gasteiger partial charge in [0.2, 0.25) is 0 Å². The van der Waals surface area contributed by atoms with Crippen LogP contribution in [0.4, 0.5) is 11.4 Å². The van der Waals surface area contributed by atoms with Crippen LogP contribution in [0.5, 0.6) is 11.5 Å². The number of anilines is 2. The van der Waals surface area contributed by atoms with E-state index in [1.165, 1.54) is 0 Å². The average molecular weight is 343 g/mol. The summed E-state index contributed by atoms with van der Waals surface area (Å²) in [6, 6.07) is 13.5. The normalized spacial score (nSPS) is 10.7. The minimum absolute atomic E-state index is 0.581. The first-order valence-electron chi connectivity index (χ1n) is 7.75. The second-order valence-electron chi connectivity index (χ2n) is 5.40. The molecule has 0 aliphatic heterocycles. The summed E-state index contributed by atoms with van der Waals surface area (Å²) in [7, 11) is 1.60. The minimum Gasteiger partial charge on any atom is -0.495 e. The molecule has 0 amide bonds. The molecule has 3 aromatic rings. The molecular weight excluding hydrogens is 324 g/mol. The van der Waals surface area contributed by atoms with Crippen molar-refractivity contribution >= 4 is 33.9 Å². The second kappa shape index (κ2) is 6.97. The van der Waals surface area contributed by atoms with Crippen molar-refractivity contribution in [2.45, 2.75) is 13.8 Å². The molecule has 0 unspecified atom stereocenters. The maximum atomic E-state index is 6.10. The summed E-state index contributed by atoms with van der Waals surface area (Å²) < 4.78 is 10.9. The molecule has 4 nitrogen and oxygen atoms in total. The molecule has 1 aromatic heterocycles. The lowest BCUT2D eigenvalue weighted by Crippen LogP contribution is -1.97. The van der Waals surface area contributed by atoms with E-state index in [4.69, 9.17) is 21.1 Å². The molecule has 5 heteroatoms. The Kier molecular flexibility index (Phi) is 4.76. The maximum absolute atomic E-state index is 6.10. The van der Waals surface area contributed by atoms with E-state index in [2.05, 4.69) is 10.3 Å². The third kappa shape index (κ3) is 3.39. The van der Waals surface area contributed by atoms with Gasteiger partial charge in [0.05, 0.1) is 24.3 Å². The van der Waals surface area contributed by atoms with Crippen LogP contribution >= 0.6 is 11.6 Å². The Bertz CT molecular complexity index is 881. The van der Waals surface area contributed by atoms with Gasteiger partial charge >= 0.3 is 0 Å². The summed E-state index contributed by atoms with van der Waals surface area (Å²) >= 11 is 6.10. The second-order valence-corrected chi connectivity index (χ2v) is 5.80. The minimum atomic E-state index is 0.581. The van der Waals surface area contributed by atoms with Gasteiger partial charge in [-0.1, -0.05) is 11.6 Å². The van der Waals surface area contributed by atoms with Crippen LogP contribution in [0.2, 0.25) is 5.02 Å². The molecular formula is C19H19ClN2O2. The lowest BCUT2D eigenvalue weighted by molar-refractivity contribution is 0.340. The number of rotatable bonds is 5. The van der Waals surface area contributed by atoms with Crippen molar-refractivity contribution < 1.29 is 9.47 Å². The number of nitrogens with one attached hydrogen (secondary N) is 1. The molecule has 24 heavy (non-hydrogen) atoms. The number of hydrogen-bond donors (Lipinski definition) is 1. The monoisotopic (exact) mass is 342 g/mol. The summed E-state index contributed by atoms with van der Waals surface area (Å²) in [6.07, 6.45) is 0. The Morgan fingerprint density at radius 1 is 1.12 bits per heavy atom. The Morgan fingerprint density at radius 2 is 1.96 bits per heavy atom. The van der Waals surface area contributed by atoms with E-state index in [0.29, 0.717) is 17.4 Å². The number of methoxy groups -OCH3 is 1. The number of aromatic nitrogens is 1. The number of aryl methyl sites for hydroxylation is 1. The largest absolute Gasteiger partial charge is 0.495 e. The van der Waals surface area contributed by atoms with E-state index >= 15 is 0 Å². The third-order valence-electron chi connectivity index (χ3n) is 3.65. The fraction of sp³-hybridized carbons (Fsp3) is 0.211. The van der Waals surface area contributed by atoms with E-state index in [0.717, 1.165) is 33.7 Å². The number of hydrogen-bond acceptors (Lipinski definition) is 4. The van der Waals surface area contributed by atoms with E-state index in [9.17, 15) is 0 Å². The van der Waals surface area contributed by atoms with Crippen LogP contribution in [0.25, 0.3) is 10.9 Å². The predicted octanol–water partition coefficient (Wildman–Crippen LogP) is 5.35. The summed E-state index contributed by atoms with van der Waals surface area (Å²) in [6.45, 7) is 4.57. The fourth-order valence-corrected chi connectivity index (χ4v) is 2.78. The van der Waals surface area contributed by atoms with Gasteiger partial charge in [0.25, 0.3) is 0 Å². The highest BCUT2D eigenvalue weighted by Crippen LogP contribution is 2.32. The van der Waals surface area contributed by atoms with Crippen molar-refractivity contribution in [3.8, 4) is 11.5 Å². The van der Waals surface area contributed by atoms with E-state index < -0.39 is 0 Å². The lowest BCUT2D eigenvalue weighted by atomic mass is 10.1. The molecule has 1 N–H and O–H groups in total. The smallest absolute Gasteiger partial charge is 0.139 e. The van der Waals surface area contributed by atoms with Gasteiger partial charge in [-0.2, -0.15) is 0 Å². The zero-order valence-corrected chi connectivity index (χ0v) is 14.6. The first-order valence-corrected chi connectivity index (χ1v) is 8.13. The van der Waals surface area contributed by atoms with Crippen LogP contribution in [-0.2, 0) is 0 Å². The Labute approximate surface area is 146 Å². The van der Waals surface area contributed by atoms with Crippen LogP contribution in [0.1, 0.15) is 12.6 Å². The lowest BCUT2D eigenvalue weighted by Gasteiger charge is -2.13. The number of benzene rings is 2. The standard InChI is InChI=1S/C19H19ClN2O2/c1-4-24-14-6-8-17-15(11-14)18(9-12(2)21-17)22-13-5-7-16(20)19(10-13)23-3/h5-11H,4H2,1-3H3,(H,21,22). The van der Waals surface area contributed by atoms with E-state index in [1.54, 1.807) is 7.11 Å². The van der Waals surface area contributed by atoms with Crippen molar-refractivity contribution in [1.82, 2.24) is 4.98 Å². The number of fused-ring (bicyclic) bond motifs is 1. The zero-order chi connectivity index (χ0) is 17.1. The molecule has 0 saturated carbocycles. The van der Waals surface area contributed by atoms with Crippen molar-refractivity contribution in [2.24, 2.45) is 0 Å². The molecule has 0 spiro atoms. The fourth-order valence-electron chi connectivity index (χ4n) is 2.59. The van der Waals surface area contributed by atoms with Gasteiger partial charge < -0.3 is 14.8 Å². The first kappa shape index (κ1) is 16.4. The first-order chi connectivity index (χ1) is 11.6. The Morgan fingerprint density at radius 3 is 2.71 bits per heavy atom. The molecule has 124 valence electrons. The number of ether oxygens (including phenoxy) is 2. The van der Waals surface area contributed by atoms with Crippen LogP contribution in [0.15, 0.2) is 42.5 Å². The van der Waals surface area contributed by atoms with Crippen LogP contribution < -0.4 is 14.8 Å². The van der Waals surface area contributed by atoms with Gasteiger partial charge in [0.15, 0.2) is 0 Å². The van der Waals surface area contributed by atoms with Gasteiger partial charge in [-0.3, -0.25) is 4.98 Å². The van der Waals surface area contributed by atoms with Crippen molar-refractivity contribution in [3.05, 3.63) is 53.2 Å². The van der Waals surface area contributed by atoms with Crippen LogP contribution in [-0.4, -0.2) is 18.7 Å². The van der Waals surface area contributed by atoms with Gasteiger partial charge in [0.1, 0.15) is 11.5 Å². The van der Waals surface area contributed by atoms with Gasteiger partial charge in [0, 0.05) is 28.5 Å². The molecule has 0 radical (unpaired) electrons. The van der Waals surface area contributed by atoms with E-state index in [-0.39, 0.29) is 0 Å². The molecule has 1 heterocycles. The Balaban J connectivity index is 2.05. The summed E-state index contributed by atoms with van der Waals surface area (Å²) in [5, 5.41) is 5.01. The summed E-state index contributed by atoms with van der Waals surface area (Å²) in [5.41, 5.74) is 3.71. The third-order valence-corrected chi connectivity index (χ3v) is 3.96. The highest BCUT2D eigenvalue weighted by Gasteiger charge is 2.08. The van der Waals surface area contributed by atoms with Crippen molar-refractivity contribution in [1.29, 1.82) is 0 Å². The quantitative estimate of drug-likeness (QED) is 0.679. The van der Waals surface area contributed by atoms with Gasteiger partial charge in [-0.05, 0) is 50.2 Å². The predicted molar refractivity (Wildman–Crippen MR) is 98.9 cm³/mol. The summed E-state index contributed by atoms with van der Waals surface area (Å²) in [4.78, 5) is 4.59. The number of halogens is 1. The molecule has 0 aliphatic rings. The molecule has 0 fully saturated rings. The number of pyridine rings is 1. The van der Waals surface area contributed by atoms with Crippen LogP contribution in [0.3, 0.4) is 0 Å². The molecule has 0 atom stereocenters. The van der Waals surface area contributed by atoms with Gasteiger partial charge in [-0.25, -0.2) is 0 Å². The van der Waals surface area contributed by atoms with E-state index in [1.807, 2.05) is 56.3 Å². The van der Waals surface area contributed by atoms with Crippen molar-refractivity contribution in [2.75, 3.05) is 19.0 Å². The molecule has 3 rings (SSSR count). The van der Waals surface area contributed by atoms with Crippen LogP contribution in [0, 0.1) is 6.92 Å². The topological polar surface area (TPSA) is 43.4 Å². The zero-order valence-electron chi connectivity index (χ0n) is 13.9. The average Bonchev–Trinajstić information content (AvgIpc) is 2.57. The molecule has 0 saturated heterocycles. The molecule has 2 aromatic carbocycles. The number of nitrogens with zero attached hydrogens (tertiary/aromatic N) is 1. The maximum Gasteiger partial charge on any atom is 0.139 e.